The predicted octanol–water partition coefficient (Wildman–Crippen LogP) is 6.29. The number of allylic oxidation sites excluding steroid dienone is 1. The first-order valence-corrected chi connectivity index (χ1v) is 16.6. The highest BCUT2D eigenvalue weighted by atomic mass is 16.3. The number of aliphatic hydroxyl groups is 1. The molecule has 2 N–H and O–H groups in total. The van der Waals surface area contributed by atoms with Gasteiger partial charge in [-0.25, -0.2) is 0 Å². The molecule has 5 nitrogen and oxygen atoms in total. The van der Waals surface area contributed by atoms with Crippen LogP contribution in [0.5, 0.6) is 0 Å². The van der Waals surface area contributed by atoms with Gasteiger partial charge in [0.15, 0.2) is 5.78 Å². The molecule has 5 heteroatoms. The zero-order chi connectivity index (χ0) is 29.0. The molecule has 40 heavy (non-hydrogen) atoms. The lowest BCUT2D eigenvalue weighted by Gasteiger charge is -2.72. The Labute approximate surface area is 243 Å². The second-order valence-electron chi connectivity index (χ2n) is 16.8. The van der Waals surface area contributed by atoms with E-state index in [1.54, 1.807) is 0 Å². The van der Waals surface area contributed by atoms with Crippen molar-refractivity contribution in [3.8, 4) is 0 Å². The van der Waals surface area contributed by atoms with Crippen molar-refractivity contribution in [1.29, 1.82) is 0 Å². The average Bonchev–Trinajstić information content (AvgIpc) is 3.42. The van der Waals surface area contributed by atoms with Crippen LogP contribution in [-0.2, 0) is 9.59 Å². The van der Waals surface area contributed by atoms with Crippen LogP contribution in [-0.4, -0.2) is 53.0 Å². The van der Waals surface area contributed by atoms with E-state index in [-0.39, 0.29) is 51.4 Å². The zero-order valence-electron chi connectivity index (χ0n) is 26.7. The standard InChI is InChI=1S/C35H56N2O3/c1-21(2)28-24(38)20-35(36-30(40)23-10-9-19-37(23)8)18-17-33(6)22(29(28)35)11-12-26-32(5)15-14-27(39)31(3,4)25(32)13-16-34(26,33)7/h21-23,25-27,39H,9-20H2,1-8H3,(H,36,40)/t22-,23?,25+,26-,27+,32+,33-,34-,35-/m1/s1. The van der Waals surface area contributed by atoms with Gasteiger partial charge < -0.3 is 10.4 Å². The van der Waals surface area contributed by atoms with Gasteiger partial charge in [-0.3, -0.25) is 14.5 Å². The molecule has 1 unspecified atom stereocenters. The topological polar surface area (TPSA) is 69.6 Å². The van der Waals surface area contributed by atoms with Gasteiger partial charge >= 0.3 is 0 Å². The predicted molar refractivity (Wildman–Crippen MR) is 160 cm³/mol. The number of carbonyl (C=O) groups is 2. The quantitative estimate of drug-likeness (QED) is 0.432. The number of fused-ring (bicyclic) bond motifs is 7. The Morgan fingerprint density at radius 2 is 1.65 bits per heavy atom. The van der Waals surface area contributed by atoms with Gasteiger partial charge in [0.25, 0.3) is 0 Å². The van der Waals surface area contributed by atoms with E-state index in [0.29, 0.717) is 24.2 Å². The van der Waals surface area contributed by atoms with Crippen molar-refractivity contribution in [2.75, 3.05) is 13.6 Å². The molecule has 1 aliphatic heterocycles. The highest BCUT2D eigenvalue weighted by molar-refractivity contribution is 6.02. The Morgan fingerprint density at radius 3 is 2.30 bits per heavy atom. The van der Waals surface area contributed by atoms with Gasteiger partial charge in [-0.2, -0.15) is 0 Å². The van der Waals surface area contributed by atoms with E-state index in [1.165, 1.54) is 24.8 Å². The molecule has 6 aliphatic rings. The molecule has 5 fully saturated rings. The summed E-state index contributed by atoms with van der Waals surface area (Å²) in [4.78, 5) is 29.7. The fraction of sp³-hybridized carbons (Fsp3) is 0.886. The van der Waals surface area contributed by atoms with Crippen LogP contribution in [0.4, 0.5) is 0 Å². The minimum absolute atomic E-state index is 0.0449. The third kappa shape index (κ3) is 3.64. The van der Waals surface area contributed by atoms with E-state index < -0.39 is 5.54 Å². The van der Waals surface area contributed by atoms with E-state index in [1.807, 2.05) is 0 Å². The fourth-order valence-corrected chi connectivity index (χ4v) is 12.3. The fourth-order valence-electron chi connectivity index (χ4n) is 12.3. The van der Waals surface area contributed by atoms with Crippen LogP contribution < -0.4 is 5.32 Å². The summed E-state index contributed by atoms with van der Waals surface area (Å²) < 4.78 is 0. The number of Topliss-reactive ketones (excluding diaryl/α,β-unsaturated/α-hetero) is 1. The second-order valence-corrected chi connectivity index (χ2v) is 16.8. The van der Waals surface area contributed by atoms with Crippen molar-refractivity contribution in [2.45, 2.75) is 137 Å². The van der Waals surface area contributed by atoms with E-state index in [4.69, 9.17) is 0 Å². The number of likely N-dealkylation sites (N-methyl/N-ethyl adjacent to an activating group) is 1. The smallest absolute Gasteiger partial charge is 0.238 e. The highest BCUT2D eigenvalue weighted by Crippen LogP contribution is 2.75. The summed E-state index contributed by atoms with van der Waals surface area (Å²) in [5, 5.41) is 14.6. The molecule has 0 aromatic heterocycles. The van der Waals surface area contributed by atoms with Crippen LogP contribution in [0.25, 0.3) is 0 Å². The first kappa shape index (κ1) is 28.9. The first-order chi connectivity index (χ1) is 18.6. The maximum Gasteiger partial charge on any atom is 0.238 e. The van der Waals surface area contributed by atoms with Crippen molar-refractivity contribution < 1.29 is 14.7 Å². The van der Waals surface area contributed by atoms with Crippen molar-refractivity contribution in [3.05, 3.63) is 11.1 Å². The Balaban J connectivity index is 1.40. The lowest BCUT2D eigenvalue weighted by atomic mass is 9.33. The van der Waals surface area contributed by atoms with Crippen LogP contribution in [0.15, 0.2) is 11.1 Å². The maximum atomic E-state index is 13.8. The lowest BCUT2D eigenvalue weighted by Crippen LogP contribution is -2.67. The number of likely N-dealkylation sites (tertiary alicyclic amines) is 1. The zero-order valence-corrected chi connectivity index (χ0v) is 26.7. The summed E-state index contributed by atoms with van der Waals surface area (Å²) in [6, 6.07) is -0.0735. The van der Waals surface area contributed by atoms with Crippen molar-refractivity contribution in [3.63, 3.8) is 0 Å². The molecule has 0 aromatic rings. The molecule has 0 radical (unpaired) electrons. The number of amides is 1. The van der Waals surface area contributed by atoms with Gasteiger partial charge in [-0.15, -0.1) is 0 Å². The van der Waals surface area contributed by atoms with E-state index in [2.05, 4.69) is 65.7 Å². The van der Waals surface area contributed by atoms with Crippen LogP contribution in [0.3, 0.4) is 0 Å². The van der Waals surface area contributed by atoms with Crippen LogP contribution in [0.1, 0.15) is 119 Å². The molecule has 4 saturated carbocycles. The molecule has 224 valence electrons. The Morgan fingerprint density at radius 1 is 0.925 bits per heavy atom. The number of rotatable bonds is 3. The Hall–Kier alpha value is -1.20. The van der Waals surface area contributed by atoms with Crippen molar-refractivity contribution in [1.82, 2.24) is 10.2 Å². The number of ketones is 1. The number of hydrogen-bond donors (Lipinski definition) is 2. The first-order valence-electron chi connectivity index (χ1n) is 16.6. The SMILES string of the molecule is CC(C)C1=C2[C@H]3CC[C@@H]4[C@@]5(C)CC[C@H](O)C(C)(C)[C@@H]5CC[C@@]4(C)[C@]3(C)CC[C@@]2(NC(=O)C2CCCN2C)CC1=O. The summed E-state index contributed by atoms with van der Waals surface area (Å²) in [6.07, 6.45) is 10.9. The number of nitrogens with one attached hydrogen (secondary N) is 1. The molecular weight excluding hydrogens is 496 g/mol. The largest absolute Gasteiger partial charge is 0.393 e. The lowest BCUT2D eigenvalue weighted by molar-refractivity contribution is -0.227. The molecule has 0 aromatic carbocycles. The Kier molecular flexibility index (Phi) is 6.61. The molecular formula is C35H56N2O3. The third-order valence-electron chi connectivity index (χ3n) is 14.6. The number of aliphatic hydroxyl groups excluding tert-OH is 1. The summed E-state index contributed by atoms with van der Waals surface area (Å²) in [7, 11) is 2.06. The van der Waals surface area contributed by atoms with Gasteiger partial charge in [0.05, 0.1) is 17.7 Å². The molecule has 6 rings (SSSR count). The molecule has 9 atom stereocenters. The van der Waals surface area contributed by atoms with Gasteiger partial charge in [0.2, 0.25) is 5.91 Å². The summed E-state index contributed by atoms with van der Waals surface area (Å²) >= 11 is 0. The minimum atomic E-state index is -0.497. The summed E-state index contributed by atoms with van der Waals surface area (Å²) in [5.41, 5.74) is 2.35. The van der Waals surface area contributed by atoms with Gasteiger partial charge in [0.1, 0.15) is 0 Å². The highest BCUT2D eigenvalue weighted by Gasteiger charge is 2.70. The van der Waals surface area contributed by atoms with Crippen LogP contribution in [0, 0.1) is 45.3 Å². The number of hydrogen-bond acceptors (Lipinski definition) is 4. The average molecular weight is 553 g/mol. The van der Waals surface area contributed by atoms with E-state index in [9.17, 15) is 14.7 Å². The van der Waals surface area contributed by atoms with Gasteiger partial charge in [-0.05, 0) is 134 Å². The second kappa shape index (κ2) is 9.15. The maximum absolute atomic E-state index is 13.8. The number of nitrogens with zero attached hydrogens (tertiary/aromatic N) is 1. The monoisotopic (exact) mass is 552 g/mol. The van der Waals surface area contributed by atoms with E-state index >= 15 is 0 Å². The summed E-state index contributed by atoms with van der Waals surface area (Å²) in [6.45, 7) is 17.7. The van der Waals surface area contributed by atoms with Gasteiger partial charge in [0, 0.05) is 6.42 Å². The van der Waals surface area contributed by atoms with Gasteiger partial charge in [-0.1, -0.05) is 48.5 Å². The normalized spacial score (nSPS) is 48.5. The van der Waals surface area contributed by atoms with Crippen LogP contribution in [0.2, 0.25) is 0 Å². The molecule has 1 saturated heterocycles. The van der Waals surface area contributed by atoms with E-state index in [0.717, 1.165) is 57.1 Å². The molecule has 0 bridgehead atoms. The minimum Gasteiger partial charge on any atom is -0.393 e. The third-order valence-corrected chi connectivity index (χ3v) is 14.6. The van der Waals surface area contributed by atoms with Crippen molar-refractivity contribution in [2.24, 2.45) is 45.3 Å². The molecule has 5 aliphatic carbocycles. The molecule has 0 spiro atoms. The molecule has 1 heterocycles. The summed E-state index contributed by atoms with van der Waals surface area (Å²) in [5.74, 6) is 2.11. The Bertz CT molecular complexity index is 1130. The molecule has 1 amide bonds. The van der Waals surface area contributed by atoms with Crippen LogP contribution >= 0.6 is 0 Å². The van der Waals surface area contributed by atoms with Crippen molar-refractivity contribution >= 4 is 11.7 Å². The number of carbonyl (C=O) groups excluding carboxylic acids is 2.